The van der Waals surface area contributed by atoms with Gasteiger partial charge in [0.05, 0.1) is 0 Å². The molecular weight excluding hydrogens is 151 g/mol. The lowest BCUT2D eigenvalue weighted by atomic mass is 11.8. The van der Waals surface area contributed by atoms with Crippen LogP contribution < -0.4 is 0 Å². The van der Waals surface area contributed by atoms with Crippen LogP contribution in [-0.2, 0) is 0 Å². The first-order chi connectivity index (χ1) is 2.79. The Bertz CT molecular complexity index is 45.5. The first-order valence-corrected chi connectivity index (χ1v) is 8.83. The van der Waals surface area contributed by atoms with E-state index in [1.807, 2.05) is 0 Å². The van der Waals surface area contributed by atoms with E-state index in [4.69, 9.17) is 22.2 Å². The highest BCUT2D eigenvalue weighted by Gasteiger charge is 2.28. The van der Waals surface area contributed by atoms with Crippen LogP contribution in [0.3, 0.4) is 0 Å². The number of rotatable bonds is 0. The van der Waals surface area contributed by atoms with Gasteiger partial charge in [-0.15, -0.1) is 0 Å². The van der Waals surface area contributed by atoms with E-state index in [1.54, 1.807) is 0 Å². The minimum absolute atomic E-state index is 0.625. The van der Waals surface area contributed by atoms with Gasteiger partial charge >= 0.3 is 0 Å². The summed E-state index contributed by atoms with van der Waals surface area (Å²) in [5, 5.41) is 0. The van der Waals surface area contributed by atoms with Gasteiger partial charge in [-0.3, -0.25) is 0 Å². The molecule has 0 aromatic heterocycles. The van der Waals surface area contributed by atoms with Gasteiger partial charge in [-0.25, -0.2) is 0 Å². The Labute approximate surface area is 50.1 Å². The Balaban J connectivity index is 2.11. The Hall–Kier alpha value is 1.01. The maximum absolute atomic E-state index is 5.73. The third-order valence-electron chi connectivity index (χ3n) is 1.02. The van der Waals surface area contributed by atoms with Gasteiger partial charge in [0, 0.05) is 0 Å². The van der Waals surface area contributed by atoms with Crippen LogP contribution in [0.1, 0.15) is 0 Å². The maximum Gasteiger partial charge on any atom is 0.137 e. The van der Waals surface area contributed by atoms with E-state index in [9.17, 15) is 0 Å². The van der Waals surface area contributed by atoms with Crippen molar-refractivity contribution >= 4 is 38.4 Å². The normalized spacial score (nSPS) is 45.0. The molecule has 0 N–H and O–H groups in total. The van der Waals surface area contributed by atoms with Crippen LogP contribution >= 0.6 is 22.2 Å². The Morgan fingerprint density at radius 2 is 1.33 bits per heavy atom. The van der Waals surface area contributed by atoms with Gasteiger partial charge < -0.3 is 0 Å². The summed E-state index contributed by atoms with van der Waals surface area (Å²) in [5.74, 6) is 0. The quantitative estimate of drug-likeness (QED) is 0.363. The van der Waals surface area contributed by atoms with Crippen molar-refractivity contribution in [3.63, 3.8) is 0 Å². The van der Waals surface area contributed by atoms with Crippen LogP contribution in [0.15, 0.2) is 0 Å². The predicted molar refractivity (Wildman–Crippen MR) is 35.6 cm³/mol. The molecule has 0 unspecified atom stereocenters. The van der Waals surface area contributed by atoms with Gasteiger partial charge in [-0.1, -0.05) is 0 Å². The third kappa shape index (κ3) is 0.994. The first-order valence-electron chi connectivity index (χ1n) is 2.07. The van der Waals surface area contributed by atoms with Crippen LogP contribution in [0.5, 0.6) is 0 Å². The molecular formula is C2H6Cl2Si2. The van der Waals surface area contributed by atoms with Gasteiger partial charge in [0.15, 0.2) is 0 Å². The number of halogens is 2. The van der Waals surface area contributed by atoms with Crippen molar-refractivity contribution in [1.82, 2.24) is 0 Å². The Morgan fingerprint density at radius 1 is 1.00 bits per heavy atom. The lowest BCUT2D eigenvalue weighted by Crippen LogP contribution is -2.30. The lowest BCUT2D eigenvalue weighted by molar-refractivity contribution is 1.66. The highest BCUT2D eigenvalue weighted by molar-refractivity contribution is 7.31. The number of hydrogen-bond donors (Lipinski definition) is 0. The lowest BCUT2D eigenvalue weighted by Gasteiger charge is -2.20. The molecule has 0 atom stereocenters. The van der Waals surface area contributed by atoms with Crippen LogP contribution in [-0.4, -0.2) is 16.2 Å². The molecule has 0 radical (unpaired) electrons. The monoisotopic (exact) mass is 156 g/mol. The summed E-state index contributed by atoms with van der Waals surface area (Å²) in [5.41, 5.74) is 2.56. The second kappa shape index (κ2) is 1.86. The predicted octanol–water partition coefficient (Wildman–Crippen LogP) is 1.00. The summed E-state index contributed by atoms with van der Waals surface area (Å²) in [6.45, 7) is 0. The second-order valence-electron chi connectivity index (χ2n) is 1.67. The van der Waals surface area contributed by atoms with E-state index >= 15 is 0 Å². The molecule has 0 saturated carbocycles. The second-order valence-corrected chi connectivity index (χ2v) is 11.5. The molecule has 6 heavy (non-hydrogen) atoms. The molecule has 0 amide bonds. The van der Waals surface area contributed by atoms with Crippen molar-refractivity contribution in [3.8, 4) is 0 Å². The molecule has 0 aromatic carbocycles. The summed E-state index contributed by atoms with van der Waals surface area (Å²) >= 11 is 11.5. The molecule has 1 aliphatic rings. The van der Waals surface area contributed by atoms with Crippen molar-refractivity contribution in [3.05, 3.63) is 0 Å². The van der Waals surface area contributed by atoms with Gasteiger partial charge in [-0.2, -0.15) is 22.2 Å². The summed E-state index contributed by atoms with van der Waals surface area (Å²) in [6.07, 6.45) is 0. The largest absolute Gasteiger partial charge is 0.172 e. The van der Waals surface area contributed by atoms with Gasteiger partial charge in [0.2, 0.25) is 0 Å². The Morgan fingerprint density at radius 3 is 1.33 bits per heavy atom. The summed E-state index contributed by atoms with van der Waals surface area (Å²) in [6, 6.07) is 0. The smallest absolute Gasteiger partial charge is 0.137 e. The van der Waals surface area contributed by atoms with E-state index in [2.05, 4.69) is 0 Å². The highest BCUT2D eigenvalue weighted by Crippen LogP contribution is 2.24. The van der Waals surface area contributed by atoms with Crippen molar-refractivity contribution in [2.45, 2.75) is 11.3 Å². The summed E-state index contributed by atoms with van der Waals surface area (Å²) < 4.78 is 0. The fourth-order valence-electron chi connectivity index (χ4n) is 0.486. The number of hydrogen-bond acceptors (Lipinski definition) is 0. The molecule has 1 saturated heterocycles. The molecule has 0 nitrogen and oxygen atoms in total. The van der Waals surface area contributed by atoms with E-state index in [0.717, 1.165) is 0 Å². The molecule has 1 fully saturated rings. The third-order valence-corrected chi connectivity index (χ3v) is 15.6. The zero-order valence-electron chi connectivity index (χ0n) is 3.32. The molecule has 0 aromatic rings. The SMILES string of the molecule is Cl[SiH]1C[SiH](Cl)C1. The van der Waals surface area contributed by atoms with Crippen LogP contribution in [0, 0.1) is 0 Å². The first kappa shape index (κ1) is 5.16. The average Bonchev–Trinajstić information content (AvgIpc) is 1.33. The molecule has 36 valence electrons. The van der Waals surface area contributed by atoms with Crippen molar-refractivity contribution < 1.29 is 0 Å². The van der Waals surface area contributed by atoms with E-state index < -0.39 is 16.2 Å². The molecule has 1 heterocycles. The molecule has 0 spiro atoms. The minimum atomic E-state index is -0.625. The van der Waals surface area contributed by atoms with Crippen molar-refractivity contribution in [2.24, 2.45) is 0 Å². The van der Waals surface area contributed by atoms with Gasteiger partial charge in [0.1, 0.15) is 16.2 Å². The maximum atomic E-state index is 5.73. The molecule has 1 aliphatic heterocycles. The van der Waals surface area contributed by atoms with E-state index in [-0.39, 0.29) is 0 Å². The van der Waals surface area contributed by atoms with Crippen molar-refractivity contribution in [1.29, 1.82) is 0 Å². The van der Waals surface area contributed by atoms with Crippen LogP contribution in [0.4, 0.5) is 0 Å². The fraction of sp³-hybridized carbons (Fsp3) is 1.00. The van der Waals surface area contributed by atoms with Gasteiger partial charge in [0.25, 0.3) is 0 Å². The summed E-state index contributed by atoms with van der Waals surface area (Å²) in [7, 11) is -1.25. The summed E-state index contributed by atoms with van der Waals surface area (Å²) in [4.78, 5) is 0. The van der Waals surface area contributed by atoms with Crippen LogP contribution in [0.25, 0.3) is 0 Å². The zero-order chi connectivity index (χ0) is 4.57. The molecule has 4 heteroatoms. The van der Waals surface area contributed by atoms with Gasteiger partial charge in [-0.05, 0) is 11.3 Å². The van der Waals surface area contributed by atoms with Crippen molar-refractivity contribution in [2.75, 3.05) is 0 Å². The Kier molecular flexibility index (Phi) is 1.60. The molecule has 0 bridgehead atoms. The average molecular weight is 157 g/mol. The molecule has 0 aliphatic carbocycles. The topological polar surface area (TPSA) is 0 Å². The highest BCUT2D eigenvalue weighted by atomic mass is 35.6. The minimum Gasteiger partial charge on any atom is -0.172 e. The standard InChI is InChI=1S/C2H6Cl2Si2/c3-5-1-6(4)2-5/h5-6H,1-2H2. The van der Waals surface area contributed by atoms with E-state index in [0.29, 0.717) is 0 Å². The molecule has 1 rings (SSSR count). The fourth-order valence-corrected chi connectivity index (χ4v) is 13.8. The zero-order valence-corrected chi connectivity index (χ0v) is 7.15. The van der Waals surface area contributed by atoms with E-state index in [1.165, 1.54) is 11.3 Å². The van der Waals surface area contributed by atoms with Crippen LogP contribution in [0.2, 0.25) is 11.3 Å².